The van der Waals surface area contributed by atoms with Crippen molar-refractivity contribution in [1.29, 1.82) is 0 Å². The van der Waals surface area contributed by atoms with Crippen LogP contribution in [-0.2, 0) is 4.79 Å². The molecule has 0 amide bonds. The number of carbonyl (C=O) groups is 1. The van der Waals surface area contributed by atoms with E-state index in [1.54, 1.807) is 0 Å². The van der Waals surface area contributed by atoms with E-state index in [-0.39, 0.29) is 0 Å². The Bertz CT molecular complexity index is 193. The average Bonchev–Trinajstić information content (AvgIpc) is 2.04. The second kappa shape index (κ2) is 4.07. The topological polar surface area (TPSA) is 60.8 Å². The first-order chi connectivity index (χ1) is 6.02. The van der Waals surface area contributed by atoms with Crippen molar-refractivity contribution in [3.05, 3.63) is 0 Å². The third kappa shape index (κ3) is 2.42. The van der Waals surface area contributed by atoms with Crippen LogP contribution in [0.4, 0.5) is 0 Å². The summed E-state index contributed by atoms with van der Waals surface area (Å²) in [5.74, 6) is -1.46. The minimum atomic E-state index is -0.876. The number of carboxylic acids is 1. The molecule has 3 atom stereocenters. The van der Waals surface area contributed by atoms with Crippen LogP contribution in [0, 0.1) is 5.92 Å². The summed E-state index contributed by atoms with van der Waals surface area (Å²) in [5, 5.41) is 18.3. The summed E-state index contributed by atoms with van der Waals surface area (Å²) in [6.07, 6.45) is 1.38. The Morgan fingerprint density at radius 2 is 2.00 bits per heavy atom. The smallest absolute Gasteiger partial charge is 0.309 e. The van der Waals surface area contributed by atoms with Crippen LogP contribution in [0.1, 0.15) is 19.3 Å². The number of nitrogens with zero attached hydrogens (tertiary/aromatic N) is 1. The Morgan fingerprint density at radius 1 is 1.38 bits per heavy atom. The zero-order valence-electron chi connectivity index (χ0n) is 8.10. The molecule has 1 saturated carbocycles. The highest BCUT2D eigenvalue weighted by molar-refractivity contribution is 5.70. The van der Waals surface area contributed by atoms with Gasteiger partial charge in [0.25, 0.3) is 0 Å². The number of aliphatic hydroxyl groups is 1. The summed E-state index contributed by atoms with van der Waals surface area (Å²) < 4.78 is 0. The van der Waals surface area contributed by atoms with E-state index >= 15 is 0 Å². The molecule has 3 unspecified atom stereocenters. The number of hydrogen-bond acceptors (Lipinski definition) is 3. The maximum absolute atomic E-state index is 10.8. The van der Waals surface area contributed by atoms with Gasteiger partial charge in [-0.3, -0.25) is 4.79 Å². The highest BCUT2D eigenvalue weighted by atomic mass is 16.4. The van der Waals surface area contributed by atoms with E-state index < -0.39 is 18.0 Å². The maximum Gasteiger partial charge on any atom is 0.309 e. The second-order valence-electron chi connectivity index (χ2n) is 3.94. The first-order valence-electron chi connectivity index (χ1n) is 4.59. The molecular formula is C9H17NO3. The first kappa shape index (κ1) is 10.5. The van der Waals surface area contributed by atoms with Crippen LogP contribution < -0.4 is 0 Å². The lowest BCUT2D eigenvalue weighted by molar-refractivity contribution is -0.148. The van der Waals surface area contributed by atoms with E-state index in [1.165, 1.54) is 0 Å². The standard InChI is InChI=1S/C9H17NO3/c1-10(2)6-3-4-8(11)7(5-6)9(12)13/h6-8,11H,3-5H2,1-2H3,(H,12,13). The van der Waals surface area contributed by atoms with Crippen LogP contribution in [0.15, 0.2) is 0 Å². The molecule has 1 rings (SSSR count). The van der Waals surface area contributed by atoms with E-state index in [4.69, 9.17) is 5.11 Å². The monoisotopic (exact) mass is 187 g/mol. The molecule has 0 aromatic heterocycles. The molecule has 0 bridgehead atoms. The number of rotatable bonds is 2. The van der Waals surface area contributed by atoms with Gasteiger partial charge in [-0.2, -0.15) is 0 Å². The Balaban J connectivity index is 2.58. The fourth-order valence-corrected chi connectivity index (χ4v) is 1.87. The first-order valence-corrected chi connectivity index (χ1v) is 4.59. The molecule has 0 spiro atoms. The van der Waals surface area contributed by atoms with Gasteiger partial charge in [0.05, 0.1) is 12.0 Å². The fourth-order valence-electron chi connectivity index (χ4n) is 1.87. The van der Waals surface area contributed by atoms with Crippen molar-refractivity contribution in [2.24, 2.45) is 5.92 Å². The van der Waals surface area contributed by atoms with E-state index in [0.717, 1.165) is 6.42 Å². The Labute approximate surface area is 78.2 Å². The molecule has 1 aliphatic carbocycles. The lowest BCUT2D eigenvalue weighted by Crippen LogP contribution is -2.42. The summed E-state index contributed by atoms with van der Waals surface area (Å²) in [7, 11) is 3.89. The van der Waals surface area contributed by atoms with Crippen molar-refractivity contribution in [1.82, 2.24) is 4.90 Å². The molecular weight excluding hydrogens is 170 g/mol. The predicted molar refractivity (Wildman–Crippen MR) is 48.5 cm³/mol. The lowest BCUT2D eigenvalue weighted by atomic mass is 9.83. The molecule has 0 heterocycles. The van der Waals surface area contributed by atoms with Gasteiger partial charge in [0.2, 0.25) is 0 Å². The van der Waals surface area contributed by atoms with Crippen LogP contribution in [0.5, 0.6) is 0 Å². The predicted octanol–water partition coefficient (Wildman–Crippen LogP) is 0.162. The third-order valence-electron chi connectivity index (χ3n) is 2.83. The molecule has 0 aliphatic heterocycles. The normalized spacial score (nSPS) is 34.9. The summed E-state index contributed by atoms with van der Waals surface area (Å²) in [6.45, 7) is 0. The summed E-state index contributed by atoms with van der Waals surface area (Å²) in [6, 6.07) is 0.296. The molecule has 1 fully saturated rings. The van der Waals surface area contributed by atoms with Crippen molar-refractivity contribution in [2.45, 2.75) is 31.4 Å². The molecule has 2 N–H and O–H groups in total. The molecule has 76 valence electrons. The molecule has 4 heteroatoms. The maximum atomic E-state index is 10.8. The van der Waals surface area contributed by atoms with Gasteiger partial charge in [0.1, 0.15) is 0 Å². The third-order valence-corrected chi connectivity index (χ3v) is 2.83. The van der Waals surface area contributed by atoms with Crippen LogP contribution in [0.25, 0.3) is 0 Å². The number of aliphatic hydroxyl groups excluding tert-OH is 1. The molecule has 0 radical (unpaired) electrons. The number of aliphatic carboxylic acids is 1. The van der Waals surface area contributed by atoms with E-state index in [1.807, 2.05) is 19.0 Å². The van der Waals surface area contributed by atoms with Gasteiger partial charge in [-0.05, 0) is 33.4 Å². The van der Waals surface area contributed by atoms with Crippen LogP contribution in [-0.4, -0.2) is 47.3 Å². The molecule has 1 aliphatic rings. The van der Waals surface area contributed by atoms with Crippen LogP contribution in [0.3, 0.4) is 0 Å². The van der Waals surface area contributed by atoms with Gasteiger partial charge in [-0.1, -0.05) is 0 Å². The van der Waals surface area contributed by atoms with Crippen molar-refractivity contribution in [3.8, 4) is 0 Å². The van der Waals surface area contributed by atoms with Crippen LogP contribution >= 0.6 is 0 Å². The molecule has 0 saturated heterocycles. The van der Waals surface area contributed by atoms with Crippen LogP contribution in [0.2, 0.25) is 0 Å². The molecule has 13 heavy (non-hydrogen) atoms. The number of hydrogen-bond donors (Lipinski definition) is 2. The lowest BCUT2D eigenvalue weighted by Gasteiger charge is -2.34. The van der Waals surface area contributed by atoms with E-state index in [2.05, 4.69) is 0 Å². The minimum Gasteiger partial charge on any atom is -0.481 e. The summed E-state index contributed by atoms with van der Waals surface area (Å²) in [4.78, 5) is 12.8. The van der Waals surface area contributed by atoms with Gasteiger partial charge < -0.3 is 15.1 Å². The zero-order chi connectivity index (χ0) is 10.0. The number of carboxylic acid groups (broad SMARTS) is 1. The Hall–Kier alpha value is -0.610. The SMILES string of the molecule is CN(C)C1CCC(O)C(C(=O)O)C1. The Morgan fingerprint density at radius 3 is 2.46 bits per heavy atom. The van der Waals surface area contributed by atoms with Crippen molar-refractivity contribution in [3.63, 3.8) is 0 Å². The summed E-state index contributed by atoms with van der Waals surface area (Å²) in [5.41, 5.74) is 0. The van der Waals surface area contributed by atoms with E-state index in [0.29, 0.717) is 18.9 Å². The quantitative estimate of drug-likeness (QED) is 0.646. The van der Waals surface area contributed by atoms with Gasteiger partial charge >= 0.3 is 5.97 Å². The molecule has 4 nitrogen and oxygen atoms in total. The van der Waals surface area contributed by atoms with Crippen molar-refractivity contribution < 1.29 is 15.0 Å². The van der Waals surface area contributed by atoms with Gasteiger partial charge in [-0.15, -0.1) is 0 Å². The Kier molecular flexibility index (Phi) is 3.27. The molecule has 0 aromatic carbocycles. The van der Waals surface area contributed by atoms with Gasteiger partial charge in [-0.25, -0.2) is 0 Å². The fraction of sp³-hybridized carbons (Fsp3) is 0.889. The average molecular weight is 187 g/mol. The van der Waals surface area contributed by atoms with Gasteiger partial charge in [0, 0.05) is 6.04 Å². The molecule has 0 aromatic rings. The largest absolute Gasteiger partial charge is 0.481 e. The van der Waals surface area contributed by atoms with Crippen molar-refractivity contribution >= 4 is 5.97 Å². The summed E-state index contributed by atoms with van der Waals surface area (Å²) >= 11 is 0. The van der Waals surface area contributed by atoms with Gasteiger partial charge in [0.15, 0.2) is 0 Å². The highest BCUT2D eigenvalue weighted by Crippen LogP contribution is 2.27. The second-order valence-corrected chi connectivity index (χ2v) is 3.94. The minimum absolute atomic E-state index is 0.296. The highest BCUT2D eigenvalue weighted by Gasteiger charge is 2.34. The zero-order valence-corrected chi connectivity index (χ0v) is 8.10. The van der Waals surface area contributed by atoms with E-state index in [9.17, 15) is 9.90 Å². The van der Waals surface area contributed by atoms with Crippen molar-refractivity contribution in [2.75, 3.05) is 14.1 Å².